The number of anilines is 1. The van der Waals surface area contributed by atoms with Gasteiger partial charge in [0.05, 0.1) is 9.26 Å². The maximum absolute atomic E-state index is 5.94. The minimum atomic E-state index is 0.0665. The molecule has 2 N–H and O–H groups in total. The first-order valence-corrected chi connectivity index (χ1v) is 6.78. The summed E-state index contributed by atoms with van der Waals surface area (Å²) in [7, 11) is 0. The summed E-state index contributed by atoms with van der Waals surface area (Å²) in [6.07, 6.45) is 4.65. The monoisotopic (exact) mass is 331 g/mol. The maximum Gasteiger partial charge on any atom is 0.159 e. The van der Waals surface area contributed by atoms with Gasteiger partial charge in [-0.3, -0.25) is 0 Å². The van der Waals surface area contributed by atoms with E-state index in [0.717, 1.165) is 34.5 Å². The number of hydrogen-bond donors (Lipinski definition) is 1. The van der Waals surface area contributed by atoms with Crippen LogP contribution in [0.2, 0.25) is 0 Å². The second kappa shape index (κ2) is 4.10. The summed E-state index contributed by atoms with van der Waals surface area (Å²) in [4.78, 5) is 9.01. The molecule has 0 aromatic carbocycles. The van der Waals surface area contributed by atoms with E-state index in [1.54, 1.807) is 0 Å². The molecule has 5 heteroatoms. The predicted molar refractivity (Wildman–Crippen MR) is 69.1 cm³/mol. The van der Waals surface area contributed by atoms with Crippen LogP contribution in [0.1, 0.15) is 49.2 Å². The molecule has 1 saturated carbocycles. The Morgan fingerprint density at radius 1 is 1.25 bits per heavy atom. The second-order valence-corrected chi connectivity index (χ2v) is 5.52. The van der Waals surface area contributed by atoms with Gasteiger partial charge in [0.15, 0.2) is 5.82 Å². The molecule has 3 rings (SSSR count). The minimum Gasteiger partial charge on any atom is -0.383 e. The van der Waals surface area contributed by atoms with Crippen LogP contribution in [0, 0.1) is 3.57 Å². The zero-order valence-corrected chi connectivity index (χ0v) is 11.1. The fourth-order valence-electron chi connectivity index (χ4n) is 2.05. The molecular formula is C11H14IN3O. The van der Waals surface area contributed by atoms with Gasteiger partial charge in [-0.15, -0.1) is 0 Å². The van der Waals surface area contributed by atoms with E-state index < -0.39 is 0 Å². The highest BCUT2D eigenvalue weighted by Crippen LogP contribution is 2.42. The lowest BCUT2D eigenvalue weighted by Crippen LogP contribution is -2.10. The van der Waals surface area contributed by atoms with Gasteiger partial charge in [-0.1, -0.05) is 0 Å². The van der Waals surface area contributed by atoms with E-state index in [2.05, 4.69) is 32.6 Å². The summed E-state index contributed by atoms with van der Waals surface area (Å²) in [6, 6.07) is 0. The van der Waals surface area contributed by atoms with E-state index >= 15 is 0 Å². The molecule has 16 heavy (non-hydrogen) atoms. The van der Waals surface area contributed by atoms with Crippen LogP contribution in [-0.4, -0.2) is 16.6 Å². The smallest absolute Gasteiger partial charge is 0.159 e. The van der Waals surface area contributed by atoms with Gasteiger partial charge in [0.2, 0.25) is 0 Å². The van der Waals surface area contributed by atoms with E-state index in [4.69, 9.17) is 10.5 Å². The largest absolute Gasteiger partial charge is 0.383 e. The van der Waals surface area contributed by atoms with Crippen LogP contribution >= 0.6 is 22.6 Å². The Balaban J connectivity index is 1.98. The number of ether oxygens (including phenoxy) is 1. The Kier molecular flexibility index (Phi) is 2.75. The number of halogens is 1. The highest BCUT2D eigenvalue weighted by atomic mass is 127. The van der Waals surface area contributed by atoms with Gasteiger partial charge < -0.3 is 10.5 Å². The zero-order valence-electron chi connectivity index (χ0n) is 8.95. The van der Waals surface area contributed by atoms with Crippen LogP contribution in [0.4, 0.5) is 5.82 Å². The van der Waals surface area contributed by atoms with Crippen LogP contribution in [0.3, 0.4) is 0 Å². The molecule has 2 heterocycles. The van der Waals surface area contributed by atoms with Crippen molar-refractivity contribution >= 4 is 28.4 Å². The highest BCUT2D eigenvalue weighted by Gasteiger charge is 2.30. The van der Waals surface area contributed by atoms with Crippen molar-refractivity contribution in [3.8, 4) is 0 Å². The van der Waals surface area contributed by atoms with Gasteiger partial charge in [0.1, 0.15) is 11.9 Å². The molecule has 1 aliphatic heterocycles. The third-order valence-corrected chi connectivity index (χ3v) is 4.21. The van der Waals surface area contributed by atoms with Gasteiger partial charge in [0.25, 0.3) is 0 Å². The van der Waals surface area contributed by atoms with Gasteiger partial charge in [0, 0.05) is 12.5 Å². The van der Waals surface area contributed by atoms with Crippen molar-refractivity contribution in [1.82, 2.24) is 9.97 Å². The predicted octanol–water partition coefficient (Wildman–Crippen LogP) is 2.39. The molecule has 1 atom stereocenters. The molecule has 0 radical (unpaired) electrons. The first kappa shape index (κ1) is 10.7. The molecule has 0 spiro atoms. The first-order chi connectivity index (χ1) is 7.75. The Labute approximate surface area is 108 Å². The molecule has 2 fully saturated rings. The third-order valence-electron chi connectivity index (χ3n) is 3.10. The van der Waals surface area contributed by atoms with Crippen LogP contribution in [-0.2, 0) is 4.74 Å². The fraction of sp³-hybridized carbons (Fsp3) is 0.636. The number of hydrogen-bond acceptors (Lipinski definition) is 4. The first-order valence-electron chi connectivity index (χ1n) is 5.70. The highest BCUT2D eigenvalue weighted by molar-refractivity contribution is 14.1. The lowest BCUT2D eigenvalue weighted by Gasteiger charge is -2.12. The van der Waals surface area contributed by atoms with Crippen molar-refractivity contribution < 1.29 is 4.74 Å². The van der Waals surface area contributed by atoms with E-state index in [0.29, 0.717) is 11.7 Å². The van der Waals surface area contributed by atoms with Gasteiger partial charge in [-0.25, -0.2) is 9.97 Å². The lowest BCUT2D eigenvalue weighted by atomic mass is 10.2. The summed E-state index contributed by atoms with van der Waals surface area (Å²) in [5.41, 5.74) is 7.08. The second-order valence-electron chi connectivity index (χ2n) is 4.44. The van der Waals surface area contributed by atoms with Crippen LogP contribution in [0.15, 0.2) is 0 Å². The molecule has 1 unspecified atom stereocenters. The van der Waals surface area contributed by atoms with E-state index in [-0.39, 0.29) is 6.10 Å². The summed E-state index contributed by atoms with van der Waals surface area (Å²) in [6.45, 7) is 0.818. The molecule has 1 aliphatic carbocycles. The van der Waals surface area contributed by atoms with Crippen molar-refractivity contribution in [3.05, 3.63) is 15.1 Å². The van der Waals surface area contributed by atoms with Gasteiger partial charge in [-0.2, -0.15) is 0 Å². The van der Waals surface area contributed by atoms with Crippen molar-refractivity contribution in [1.29, 1.82) is 0 Å². The molecule has 0 amide bonds. The van der Waals surface area contributed by atoms with E-state index in [9.17, 15) is 0 Å². The van der Waals surface area contributed by atoms with Crippen LogP contribution < -0.4 is 5.73 Å². The molecule has 1 aromatic rings. The molecule has 2 aliphatic rings. The average Bonchev–Trinajstić information content (AvgIpc) is 2.96. The Hall–Kier alpha value is -0.430. The van der Waals surface area contributed by atoms with Crippen molar-refractivity contribution in [3.63, 3.8) is 0 Å². The van der Waals surface area contributed by atoms with Crippen molar-refractivity contribution in [2.24, 2.45) is 0 Å². The van der Waals surface area contributed by atoms with Crippen molar-refractivity contribution in [2.45, 2.75) is 37.7 Å². The number of aromatic nitrogens is 2. The summed E-state index contributed by atoms with van der Waals surface area (Å²) in [5, 5.41) is 0. The molecular weight excluding hydrogens is 317 g/mol. The number of nitrogen functional groups attached to an aromatic ring is 1. The molecule has 1 saturated heterocycles. The fourth-order valence-corrected chi connectivity index (χ4v) is 2.74. The van der Waals surface area contributed by atoms with Crippen LogP contribution in [0.5, 0.6) is 0 Å². The lowest BCUT2D eigenvalue weighted by molar-refractivity contribution is 0.105. The van der Waals surface area contributed by atoms with Gasteiger partial charge >= 0.3 is 0 Å². The normalized spacial score (nSPS) is 24.9. The minimum absolute atomic E-state index is 0.0665. The number of nitrogens with zero attached hydrogens (tertiary/aromatic N) is 2. The Morgan fingerprint density at radius 3 is 2.69 bits per heavy atom. The van der Waals surface area contributed by atoms with Crippen molar-refractivity contribution in [2.75, 3.05) is 12.3 Å². The van der Waals surface area contributed by atoms with Gasteiger partial charge in [-0.05, 0) is 48.3 Å². The Morgan fingerprint density at radius 2 is 2.06 bits per heavy atom. The molecule has 0 bridgehead atoms. The maximum atomic E-state index is 5.94. The summed E-state index contributed by atoms with van der Waals surface area (Å²) < 4.78 is 6.64. The SMILES string of the molecule is Nc1nc(C2CCCO2)nc(C2CC2)c1I. The quantitative estimate of drug-likeness (QED) is 0.846. The third kappa shape index (κ3) is 1.90. The zero-order chi connectivity index (χ0) is 11.1. The molecule has 1 aromatic heterocycles. The topological polar surface area (TPSA) is 61.0 Å². The standard InChI is InChI=1S/C11H14IN3O/c12-8-9(6-3-4-6)14-11(15-10(8)13)7-2-1-5-16-7/h6-7H,1-5H2,(H2,13,14,15). The number of nitrogens with two attached hydrogens (primary N) is 1. The Bertz CT molecular complexity index is 414. The average molecular weight is 331 g/mol. The molecule has 4 nitrogen and oxygen atoms in total. The molecule has 86 valence electrons. The summed E-state index contributed by atoms with van der Waals surface area (Å²) >= 11 is 2.25. The van der Waals surface area contributed by atoms with E-state index in [1.165, 1.54) is 12.8 Å². The summed E-state index contributed by atoms with van der Waals surface area (Å²) in [5.74, 6) is 2.01. The van der Waals surface area contributed by atoms with Crippen LogP contribution in [0.25, 0.3) is 0 Å². The van der Waals surface area contributed by atoms with E-state index in [1.807, 2.05) is 0 Å². The number of rotatable bonds is 2.